The molecule has 1 aliphatic rings. The van der Waals surface area contributed by atoms with Crippen LogP contribution in [0.4, 0.5) is 5.69 Å². The van der Waals surface area contributed by atoms with Crippen molar-refractivity contribution in [3.63, 3.8) is 0 Å². The Balaban J connectivity index is 1.68. The molecule has 0 aliphatic carbocycles. The Morgan fingerprint density at radius 3 is 2.50 bits per heavy atom. The molecule has 0 spiro atoms. The highest BCUT2D eigenvalue weighted by molar-refractivity contribution is 7.89. The van der Waals surface area contributed by atoms with Gasteiger partial charge in [-0.2, -0.15) is 4.31 Å². The Bertz CT molecular complexity index is 1120. The third-order valence-electron chi connectivity index (χ3n) is 5.61. The van der Waals surface area contributed by atoms with Crippen LogP contribution in [-0.2, 0) is 14.8 Å². The fourth-order valence-corrected chi connectivity index (χ4v) is 5.73. The smallest absolute Gasteiger partial charge is 0.251 e. The van der Waals surface area contributed by atoms with E-state index in [9.17, 15) is 18.0 Å². The Morgan fingerprint density at radius 1 is 1.12 bits per heavy atom. The molecular formula is C24H31N3O6S. The van der Waals surface area contributed by atoms with Crippen LogP contribution >= 0.6 is 0 Å². The molecule has 2 amide bonds. The van der Waals surface area contributed by atoms with Crippen molar-refractivity contribution in [1.82, 2.24) is 9.62 Å². The summed E-state index contributed by atoms with van der Waals surface area (Å²) in [5, 5.41) is 5.22. The molecule has 1 heterocycles. The molecule has 34 heavy (non-hydrogen) atoms. The first-order valence-corrected chi connectivity index (χ1v) is 12.7. The van der Waals surface area contributed by atoms with Gasteiger partial charge in [0.25, 0.3) is 5.91 Å². The minimum absolute atomic E-state index is 0.0600. The average Bonchev–Trinajstić information content (AvgIpc) is 2.83. The fourth-order valence-electron chi connectivity index (χ4n) is 3.84. The van der Waals surface area contributed by atoms with Crippen LogP contribution in [0.15, 0.2) is 47.4 Å². The number of hydrogen-bond acceptors (Lipinski definition) is 6. The largest absolute Gasteiger partial charge is 0.495 e. The van der Waals surface area contributed by atoms with Gasteiger partial charge < -0.3 is 20.1 Å². The van der Waals surface area contributed by atoms with E-state index in [1.807, 2.05) is 13.8 Å². The molecule has 1 atom stereocenters. The Kier molecular flexibility index (Phi) is 8.51. The molecular weight excluding hydrogens is 458 g/mol. The van der Waals surface area contributed by atoms with E-state index < -0.39 is 21.8 Å². The van der Waals surface area contributed by atoms with E-state index >= 15 is 0 Å². The number of benzene rings is 2. The van der Waals surface area contributed by atoms with Crippen LogP contribution in [0.1, 0.15) is 43.5 Å². The lowest BCUT2D eigenvalue weighted by Gasteiger charge is -2.32. The van der Waals surface area contributed by atoms with Crippen LogP contribution in [0.2, 0.25) is 0 Å². The first kappa shape index (κ1) is 25.5. The van der Waals surface area contributed by atoms with Crippen molar-refractivity contribution in [2.75, 3.05) is 32.1 Å². The molecule has 0 radical (unpaired) electrons. The molecule has 1 aliphatic heterocycles. The van der Waals surface area contributed by atoms with Crippen molar-refractivity contribution in [2.24, 2.45) is 0 Å². The summed E-state index contributed by atoms with van der Waals surface area (Å²) in [6.45, 7) is 4.46. The number of sulfonamides is 1. The van der Waals surface area contributed by atoms with Crippen LogP contribution in [0.3, 0.4) is 0 Å². The fraction of sp³-hybridized carbons (Fsp3) is 0.417. The molecule has 0 aromatic heterocycles. The van der Waals surface area contributed by atoms with Gasteiger partial charge in [0, 0.05) is 23.8 Å². The number of piperidine rings is 1. The standard InChI is InChI=1S/C24H31N3O6S/c1-4-33-20-11-9-19(10-12-20)26-23(28)16-25-24(29)18-8-13-21(32-3)22(15-18)34(30,31)27-14-6-5-7-17(27)2/h8-13,15,17H,4-7,14,16H2,1-3H3,(H,25,29)(H,26,28). The summed E-state index contributed by atoms with van der Waals surface area (Å²) in [4.78, 5) is 24.9. The molecule has 1 unspecified atom stereocenters. The lowest BCUT2D eigenvalue weighted by Crippen LogP contribution is -2.42. The summed E-state index contributed by atoms with van der Waals surface area (Å²) in [5.74, 6) is -0.116. The second-order valence-corrected chi connectivity index (χ2v) is 9.87. The van der Waals surface area contributed by atoms with Gasteiger partial charge in [0.1, 0.15) is 16.4 Å². The van der Waals surface area contributed by atoms with E-state index in [0.717, 1.165) is 19.3 Å². The molecule has 2 N–H and O–H groups in total. The summed E-state index contributed by atoms with van der Waals surface area (Å²) < 4.78 is 38.7. The van der Waals surface area contributed by atoms with E-state index in [0.29, 0.717) is 24.6 Å². The van der Waals surface area contributed by atoms with E-state index in [1.165, 1.54) is 29.6 Å². The zero-order valence-corrected chi connectivity index (χ0v) is 20.5. The van der Waals surface area contributed by atoms with Crippen molar-refractivity contribution >= 4 is 27.5 Å². The Morgan fingerprint density at radius 2 is 1.85 bits per heavy atom. The zero-order valence-electron chi connectivity index (χ0n) is 19.7. The molecule has 2 aromatic carbocycles. The summed E-state index contributed by atoms with van der Waals surface area (Å²) in [5.41, 5.74) is 0.689. The highest BCUT2D eigenvalue weighted by Crippen LogP contribution is 2.31. The third-order valence-corrected chi connectivity index (χ3v) is 7.65. The number of hydrogen-bond donors (Lipinski definition) is 2. The summed E-state index contributed by atoms with van der Waals surface area (Å²) in [6.07, 6.45) is 2.55. The number of nitrogens with zero attached hydrogens (tertiary/aromatic N) is 1. The van der Waals surface area contributed by atoms with E-state index in [1.54, 1.807) is 24.3 Å². The maximum absolute atomic E-state index is 13.3. The van der Waals surface area contributed by atoms with Gasteiger partial charge in [-0.1, -0.05) is 6.42 Å². The maximum atomic E-state index is 13.3. The van der Waals surface area contributed by atoms with Gasteiger partial charge in [-0.3, -0.25) is 9.59 Å². The van der Waals surface area contributed by atoms with Crippen molar-refractivity contribution in [3.8, 4) is 11.5 Å². The Labute approximate surface area is 200 Å². The molecule has 184 valence electrons. The normalized spacial score (nSPS) is 16.5. The number of ether oxygens (including phenoxy) is 2. The lowest BCUT2D eigenvalue weighted by molar-refractivity contribution is -0.115. The van der Waals surface area contributed by atoms with E-state index in [-0.39, 0.29) is 28.8 Å². The topological polar surface area (TPSA) is 114 Å². The van der Waals surface area contributed by atoms with Gasteiger partial charge in [-0.15, -0.1) is 0 Å². The molecule has 0 bridgehead atoms. The van der Waals surface area contributed by atoms with Crippen LogP contribution in [0.25, 0.3) is 0 Å². The van der Waals surface area contributed by atoms with Crippen molar-refractivity contribution < 1.29 is 27.5 Å². The molecule has 2 aromatic rings. The number of amides is 2. The molecule has 10 heteroatoms. The monoisotopic (exact) mass is 489 g/mol. The van der Waals surface area contributed by atoms with Gasteiger partial charge in [0.2, 0.25) is 15.9 Å². The van der Waals surface area contributed by atoms with Crippen LogP contribution < -0.4 is 20.1 Å². The van der Waals surface area contributed by atoms with Gasteiger partial charge >= 0.3 is 0 Å². The van der Waals surface area contributed by atoms with Gasteiger partial charge in [-0.05, 0) is 69.2 Å². The highest BCUT2D eigenvalue weighted by atomic mass is 32.2. The number of carbonyl (C=O) groups is 2. The van der Waals surface area contributed by atoms with Crippen molar-refractivity contribution in [3.05, 3.63) is 48.0 Å². The number of carbonyl (C=O) groups excluding carboxylic acids is 2. The summed E-state index contributed by atoms with van der Waals surface area (Å²) >= 11 is 0. The minimum atomic E-state index is -3.85. The number of anilines is 1. The van der Waals surface area contributed by atoms with E-state index in [4.69, 9.17) is 9.47 Å². The molecule has 9 nitrogen and oxygen atoms in total. The maximum Gasteiger partial charge on any atom is 0.251 e. The summed E-state index contributed by atoms with van der Waals surface area (Å²) in [6, 6.07) is 11.0. The lowest BCUT2D eigenvalue weighted by atomic mass is 10.1. The average molecular weight is 490 g/mol. The van der Waals surface area contributed by atoms with Crippen molar-refractivity contribution in [1.29, 1.82) is 0 Å². The van der Waals surface area contributed by atoms with Gasteiger partial charge in [0.05, 0.1) is 20.3 Å². The van der Waals surface area contributed by atoms with Gasteiger partial charge in [-0.25, -0.2) is 8.42 Å². The van der Waals surface area contributed by atoms with Crippen molar-refractivity contribution in [2.45, 2.75) is 44.0 Å². The summed E-state index contributed by atoms with van der Waals surface area (Å²) in [7, 11) is -2.46. The SMILES string of the molecule is CCOc1ccc(NC(=O)CNC(=O)c2ccc(OC)c(S(=O)(=O)N3CCCCC3C)c2)cc1. The minimum Gasteiger partial charge on any atom is -0.495 e. The second-order valence-electron chi connectivity index (χ2n) is 8.01. The zero-order chi connectivity index (χ0) is 24.7. The molecule has 3 rings (SSSR count). The molecule has 0 saturated carbocycles. The third kappa shape index (κ3) is 6.06. The highest BCUT2D eigenvalue weighted by Gasteiger charge is 2.33. The molecule has 1 fully saturated rings. The predicted molar refractivity (Wildman–Crippen MR) is 129 cm³/mol. The van der Waals surface area contributed by atoms with Crippen LogP contribution in [0.5, 0.6) is 11.5 Å². The second kappa shape index (κ2) is 11.3. The number of methoxy groups -OCH3 is 1. The predicted octanol–water partition coefficient (Wildman–Crippen LogP) is 3.03. The number of rotatable bonds is 9. The van der Waals surface area contributed by atoms with Crippen LogP contribution in [0, 0.1) is 0 Å². The van der Waals surface area contributed by atoms with Gasteiger partial charge in [0.15, 0.2) is 0 Å². The quantitative estimate of drug-likeness (QED) is 0.560. The van der Waals surface area contributed by atoms with Crippen LogP contribution in [-0.4, -0.2) is 57.4 Å². The first-order chi connectivity index (χ1) is 16.3. The Hall–Kier alpha value is -3.11. The molecule has 1 saturated heterocycles. The number of nitrogens with one attached hydrogen (secondary N) is 2. The first-order valence-electron chi connectivity index (χ1n) is 11.3. The van der Waals surface area contributed by atoms with E-state index in [2.05, 4.69) is 10.6 Å².